The van der Waals surface area contributed by atoms with Crippen molar-refractivity contribution in [2.75, 3.05) is 0 Å². The minimum absolute atomic E-state index is 0.151. The summed E-state index contributed by atoms with van der Waals surface area (Å²) in [5.41, 5.74) is 5.92. The molecule has 0 spiro atoms. The van der Waals surface area contributed by atoms with Crippen molar-refractivity contribution in [1.82, 2.24) is 4.98 Å². The Hall–Kier alpha value is -0.550. The van der Waals surface area contributed by atoms with Crippen LogP contribution < -0.4 is 5.73 Å². The average molecular weight is 251 g/mol. The quantitative estimate of drug-likeness (QED) is 0.834. The van der Waals surface area contributed by atoms with Crippen molar-refractivity contribution in [3.05, 3.63) is 28.5 Å². The smallest absolute Gasteiger partial charge is 0.253 e. The Morgan fingerprint density at radius 3 is 2.62 bits per heavy atom. The van der Waals surface area contributed by atoms with Gasteiger partial charge < -0.3 is 5.73 Å². The Morgan fingerprint density at radius 2 is 2.15 bits per heavy atom. The molecule has 1 unspecified atom stereocenters. The number of rotatable bonds is 3. The molecule has 1 aromatic rings. The number of alkyl halides is 2. The highest BCUT2D eigenvalue weighted by atomic mass is 79.9. The largest absolute Gasteiger partial charge is 0.323 e. The van der Waals surface area contributed by atoms with E-state index >= 15 is 0 Å². The Kier molecular flexibility index (Phi) is 3.74. The van der Waals surface area contributed by atoms with Gasteiger partial charge in [0.15, 0.2) is 0 Å². The van der Waals surface area contributed by atoms with Gasteiger partial charge in [0.05, 0.1) is 6.04 Å². The summed E-state index contributed by atoms with van der Waals surface area (Å²) in [6.45, 7) is 0. The van der Waals surface area contributed by atoms with E-state index < -0.39 is 12.5 Å². The van der Waals surface area contributed by atoms with Crippen molar-refractivity contribution in [3.8, 4) is 0 Å². The predicted octanol–water partition coefficient (Wildman–Crippen LogP) is 1.98. The number of aromatic nitrogens is 1. The lowest BCUT2D eigenvalue weighted by Gasteiger charge is -2.09. The predicted molar refractivity (Wildman–Crippen MR) is 49.6 cm³/mol. The summed E-state index contributed by atoms with van der Waals surface area (Å²) in [5.74, 6) is 0. The lowest BCUT2D eigenvalue weighted by molar-refractivity contribution is 0.116. The van der Waals surface area contributed by atoms with Crippen LogP contribution in [-0.4, -0.2) is 17.5 Å². The van der Waals surface area contributed by atoms with Gasteiger partial charge in [0.1, 0.15) is 4.60 Å². The van der Waals surface area contributed by atoms with E-state index in [1.165, 1.54) is 6.20 Å². The zero-order valence-electron chi connectivity index (χ0n) is 6.75. The van der Waals surface area contributed by atoms with E-state index in [0.29, 0.717) is 4.60 Å². The van der Waals surface area contributed by atoms with Gasteiger partial charge in [-0.2, -0.15) is 0 Å². The van der Waals surface area contributed by atoms with Gasteiger partial charge in [0, 0.05) is 6.20 Å². The third-order valence-electron chi connectivity index (χ3n) is 1.58. The second kappa shape index (κ2) is 4.62. The Morgan fingerprint density at radius 1 is 1.46 bits per heavy atom. The Balaban J connectivity index is 2.59. The third kappa shape index (κ3) is 3.36. The number of nitrogens with zero attached hydrogens (tertiary/aromatic N) is 1. The molecule has 0 radical (unpaired) electrons. The molecule has 5 heteroatoms. The minimum Gasteiger partial charge on any atom is -0.323 e. The van der Waals surface area contributed by atoms with Crippen LogP contribution in [0.2, 0.25) is 0 Å². The molecule has 0 aliphatic carbocycles. The highest BCUT2D eigenvalue weighted by molar-refractivity contribution is 9.10. The van der Waals surface area contributed by atoms with Crippen LogP contribution in [0.4, 0.5) is 8.78 Å². The van der Waals surface area contributed by atoms with E-state index in [4.69, 9.17) is 5.73 Å². The first kappa shape index (κ1) is 10.5. The molecule has 72 valence electrons. The zero-order valence-corrected chi connectivity index (χ0v) is 8.34. The van der Waals surface area contributed by atoms with Crippen molar-refractivity contribution in [1.29, 1.82) is 0 Å². The maximum absolute atomic E-state index is 12.0. The molecular weight excluding hydrogens is 242 g/mol. The summed E-state index contributed by atoms with van der Waals surface area (Å²) >= 11 is 3.15. The molecule has 0 saturated heterocycles. The summed E-state index contributed by atoms with van der Waals surface area (Å²) in [7, 11) is 0. The molecule has 0 aromatic carbocycles. The van der Waals surface area contributed by atoms with E-state index in [0.717, 1.165) is 5.56 Å². The number of hydrogen-bond acceptors (Lipinski definition) is 2. The Labute approximate surface area is 83.3 Å². The SMILES string of the molecule is NC(Cc1ccc(Br)nc1)C(F)F. The summed E-state index contributed by atoms with van der Waals surface area (Å²) in [5, 5.41) is 0. The number of hydrogen-bond donors (Lipinski definition) is 1. The van der Waals surface area contributed by atoms with Gasteiger partial charge in [0.25, 0.3) is 6.43 Å². The molecule has 1 atom stereocenters. The van der Waals surface area contributed by atoms with Crippen LogP contribution in [-0.2, 0) is 6.42 Å². The second-order valence-electron chi connectivity index (χ2n) is 2.69. The molecule has 2 N–H and O–H groups in total. The Bertz CT molecular complexity index is 263. The molecule has 13 heavy (non-hydrogen) atoms. The van der Waals surface area contributed by atoms with Crippen LogP contribution >= 0.6 is 15.9 Å². The first-order valence-electron chi connectivity index (χ1n) is 3.74. The maximum atomic E-state index is 12.0. The number of nitrogens with two attached hydrogens (primary N) is 1. The molecular formula is C8H9BrF2N2. The molecule has 0 amide bonds. The van der Waals surface area contributed by atoms with Gasteiger partial charge in [-0.3, -0.25) is 0 Å². The van der Waals surface area contributed by atoms with E-state index in [2.05, 4.69) is 20.9 Å². The normalized spacial score (nSPS) is 13.3. The molecule has 1 rings (SSSR count). The van der Waals surface area contributed by atoms with E-state index in [1.807, 2.05) is 0 Å². The average Bonchev–Trinajstić information content (AvgIpc) is 2.08. The standard InChI is InChI=1S/C8H9BrF2N2/c9-7-2-1-5(4-13-7)3-6(12)8(10)11/h1-2,4,6,8H,3,12H2. The summed E-state index contributed by atoms with van der Waals surface area (Å²) in [6, 6.07) is 2.32. The highest BCUT2D eigenvalue weighted by Gasteiger charge is 2.15. The number of halogens is 3. The maximum Gasteiger partial charge on any atom is 0.253 e. The summed E-state index contributed by atoms with van der Waals surface area (Å²) in [6.07, 6.45) is -0.798. The first-order chi connectivity index (χ1) is 6.09. The fourth-order valence-electron chi connectivity index (χ4n) is 0.888. The van der Waals surface area contributed by atoms with Crippen LogP contribution in [0.25, 0.3) is 0 Å². The van der Waals surface area contributed by atoms with Crippen LogP contribution in [0.5, 0.6) is 0 Å². The van der Waals surface area contributed by atoms with Gasteiger partial charge in [-0.1, -0.05) is 6.07 Å². The van der Waals surface area contributed by atoms with Gasteiger partial charge in [-0.25, -0.2) is 13.8 Å². The topological polar surface area (TPSA) is 38.9 Å². The second-order valence-corrected chi connectivity index (χ2v) is 3.50. The lowest BCUT2D eigenvalue weighted by Crippen LogP contribution is -2.30. The van der Waals surface area contributed by atoms with Crippen LogP contribution in [0.15, 0.2) is 22.9 Å². The molecule has 0 bridgehead atoms. The molecule has 1 heterocycles. The van der Waals surface area contributed by atoms with Gasteiger partial charge in [-0.05, 0) is 34.0 Å². The van der Waals surface area contributed by atoms with Crippen LogP contribution in [0.1, 0.15) is 5.56 Å². The summed E-state index contributed by atoms with van der Waals surface area (Å²) < 4.78 is 24.8. The summed E-state index contributed by atoms with van der Waals surface area (Å²) in [4.78, 5) is 3.91. The molecule has 0 aliphatic heterocycles. The van der Waals surface area contributed by atoms with Crippen LogP contribution in [0.3, 0.4) is 0 Å². The van der Waals surface area contributed by atoms with Gasteiger partial charge in [0.2, 0.25) is 0 Å². The van der Waals surface area contributed by atoms with Gasteiger partial charge in [-0.15, -0.1) is 0 Å². The van der Waals surface area contributed by atoms with E-state index in [1.54, 1.807) is 12.1 Å². The van der Waals surface area contributed by atoms with Crippen molar-refractivity contribution < 1.29 is 8.78 Å². The molecule has 0 fully saturated rings. The van der Waals surface area contributed by atoms with Crippen molar-refractivity contribution in [2.45, 2.75) is 18.9 Å². The first-order valence-corrected chi connectivity index (χ1v) is 4.53. The van der Waals surface area contributed by atoms with E-state index in [-0.39, 0.29) is 6.42 Å². The third-order valence-corrected chi connectivity index (χ3v) is 2.05. The minimum atomic E-state index is -2.48. The highest BCUT2D eigenvalue weighted by Crippen LogP contribution is 2.10. The van der Waals surface area contributed by atoms with Crippen molar-refractivity contribution >= 4 is 15.9 Å². The zero-order chi connectivity index (χ0) is 9.84. The molecule has 0 saturated carbocycles. The fourth-order valence-corrected chi connectivity index (χ4v) is 1.12. The van der Waals surface area contributed by atoms with E-state index in [9.17, 15) is 8.78 Å². The van der Waals surface area contributed by atoms with Crippen molar-refractivity contribution in [2.24, 2.45) is 5.73 Å². The molecule has 0 aliphatic rings. The fraction of sp³-hybridized carbons (Fsp3) is 0.375. The van der Waals surface area contributed by atoms with Gasteiger partial charge >= 0.3 is 0 Å². The number of pyridine rings is 1. The molecule has 1 aromatic heterocycles. The molecule has 2 nitrogen and oxygen atoms in total. The lowest BCUT2D eigenvalue weighted by atomic mass is 10.1. The van der Waals surface area contributed by atoms with Crippen LogP contribution in [0, 0.1) is 0 Å². The van der Waals surface area contributed by atoms with Crippen molar-refractivity contribution in [3.63, 3.8) is 0 Å². The monoisotopic (exact) mass is 250 g/mol.